The van der Waals surface area contributed by atoms with Gasteiger partial charge in [-0.15, -0.1) is 0 Å². The highest BCUT2D eigenvalue weighted by atomic mass is 16.3. The molecule has 4 heteroatoms. The summed E-state index contributed by atoms with van der Waals surface area (Å²) in [6, 6.07) is 0. The first-order valence-electron chi connectivity index (χ1n) is 15.8. The van der Waals surface area contributed by atoms with Crippen LogP contribution in [-0.4, -0.2) is 39.4 Å². The Hall–Kier alpha value is -3.05. The molecule has 0 aromatic carbocycles. The fraction of sp³-hybridized carbons (Fsp3) is 0.475. The maximum absolute atomic E-state index is 12.9. The van der Waals surface area contributed by atoms with Crippen LogP contribution in [0.2, 0.25) is 0 Å². The number of aliphatic hydroxyl groups is 3. The van der Waals surface area contributed by atoms with Crippen LogP contribution in [-0.2, 0) is 4.79 Å². The van der Waals surface area contributed by atoms with Gasteiger partial charge in [-0.1, -0.05) is 141 Å². The Labute approximate surface area is 267 Å². The van der Waals surface area contributed by atoms with E-state index < -0.39 is 29.1 Å². The van der Waals surface area contributed by atoms with Crippen molar-refractivity contribution in [1.82, 2.24) is 0 Å². The molecule has 1 saturated carbocycles. The molecule has 4 atom stereocenters. The predicted molar refractivity (Wildman–Crippen MR) is 186 cm³/mol. The number of allylic oxidation sites excluding steroid dienone is 18. The zero-order chi connectivity index (χ0) is 33.3. The van der Waals surface area contributed by atoms with E-state index in [-0.39, 0.29) is 11.2 Å². The Bertz CT molecular complexity index is 1350. The van der Waals surface area contributed by atoms with E-state index in [2.05, 4.69) is 57.2 Å². The van der Waals surface area contributed by atoms with Crippen LogP contribution in [0.25, 0.3) is 0 Å². The first kappa shape index (κ1) is 37.1. The molecule has 0 saturated heterocycles. The number of carbonyl (C=O) groups excluding carboxylic acids is 1. The lowest BCUT2D eigenvalue weighted by Crippen LogP contribution is -2.44. The standard InChI is InChI=1S/C40H56O4/c1-28(17-13-19-30(3)21-23-34-32(5)25-35(42)37(44)39(34,8)9)15-11-12-16-29(2)18-14-20-31(4)22-24-36(43)40(10)27-33(41)26-38(40,6)7/h11-24,33,35,37,41-42,44H,25-27H2,1-10H3/b12-11+,17-13+,18-14+,23-21+,24-22+,28-15+,29-16+,30-19+,31-20+/t33-,35+,37?,40-/m0/s1. The second-order valence-corrected chi connectivity index (χ2v) is 14.2. The molecule has 0 aromatic rings. The van der Waals surface area contributed by atoms with E-state index in [9.17, 15) is 20.1 Å². The molecule has 44 heavy (non-hydrogen) atoms. The van der Waals surface area contributed by atoms with Gasteiger partial charge in [-0.3, -0.25) is 4.79 Å². The molecule has 4 nitrogen and oxygen atoms in total. The summed E-state index contributed by atoms with van der Waals surface area (Å²) in [7, 11) is 0. The molecular weight excluding hydrogens is 544 g/mol. The predicted octanol–water partition coefficient (Wildman–Crippen LogP) is 8.78. The smallest absolute Gasteiger partial charge is 0.162 e. The maximum atomic E-state index is 12.9. The topological polar surface area (TPSA) is 77.8 Å². The first-order valence-corrected chi connectivity index (χ1v) is 15.8. The van der Waals surface area contributed by atoms with Crippen LogP contribution in [0.5, 0.6) is 0 Å². The summed E-state index contributed by atoms with van der Waals surface area (Å²) < 4.78 is 0. The zero-order valence-electron chi connectivity index (χ0n) is 28.7. The van der Waals surface area contributed by atoms with Crippen molar-refractivity contribution in [2.45, 2.75) is 107 Å². The number of ketones is 1. The van der Waals surface area contributed by atoms with Gasteiger partial charge in [-0.2, -0.15) is 0 Å². The molecule has 3 N–H and O–H groups in total. The summed E-state index contributed by atoms with van der Waals surface area (Å²) >= 11 is 0. The average Bonchev–Trinajstić information content (AvgIpc) is 3.14. The Kier molecular flexibility index (Phi) is 13.3. The molecule has 2 rings (SSSR count). The number of carbonyl (C=O) groups is 1. The van der Waals surface area contributed by atoms with Crippen LogP contribution in [0.15, 0.2) is 119 Å². The van der Waals surface area contributed by atoms with Crippen molar-refractivity contribution < 1.29 is 20.1 Å². The largest absolute Gasteiger partial charge is 0.393 e. The van der Waals surface area contributed by atoms with Crippen LogP contribution in [0.3, 0.4) is 0 Å². The minimum Gasteiger partial charge on any atom is -0.393 e. The van der Waals surface area contributed by atoms with Gasteiger partial charge in [0.2, 0.25) is 0 Å². The molecule has 0 aliphatic heterocycles. The van der Waals surface area contributed by atoms with Crippen molar-refractivity contribution in [2.24, 2.45) is 16.2 Å². The molecule has 240 valence electrons. The van der Waals surface area contributed by atoms with Gasteiger partial charge >= 0.3 is 0 Å². The number of rotatable bonds is 11. The van der Waals surface area contributed by atoms with Crippen LogP contribution in [0.4, 0.5) is 0 Å². The van der Waals surface area contributed by atoms with Gasteiger partial charge in [0.05, 0.1) is 18.3 Å². The summed E-state index contributed by atoms with van der Waals surface area (Å²) in [5.41, 5.74) is 5.28. The zero-order valence-corrected chi connectivity index (χ0v) is 28.7. The fourth-order valence-electron chi connectivity index (χ4n) is 6.10. The van der Waals surface area contributed by atoms with Crippen molar-refractivity contribution in [3.05, 3.63) is 119 Å². The van der Waals surface area contributed by atoms with E-state index in [0.29, 0.717) is 19.3 Å². The highest BCUT2D eigenvalue weighted by Gasteiger charge is 2.52. The van der Waals surface area contributed by atoms with E-state index in [1.54, 1.807) is 6.08 Å². The maximum Gasteiger partial charge on any atom is 0.162 e. The summed E-state index contributed by atoms with van der Waals surface area (Å²) in [6.45, 7) is 20.2. The molecule has 0 amide bonds. The highest BCUT2D eigenvalue weighted by Crippen LogP contribution is 2.53. The minimum absolute atomic E-state index is 0.0775. The van der Waals surface area contributed by atoms with Crippen LogP contribution < -0.4 is 0 Å². The SMILES string of the molecule is CC1=C(/C=C/C(C)=C/C=C/C(C)=C/C=C/C=C(C)/C=C/C=C(C)/C=C/C(=O)[C@]2(C)C[C@@H](O)CC2(C)C)C(C)(C)C(O)[C@H](O)C1. The van der Waals surface area contributed by atoms with Crippen LogP contribution in [0, 0.1) is 16.2 Å². The van der Waals surface area contributed by atoms with Crippen LogP contribution in [0.1, 0.15) is 88.5 Å². The molecule has 0 spiro atoms. The molecule has 0 aromatic heterocycles. The fourth-order valence-corrected chi connectivity index (χ4v) is 6.10. The quantitative estimate of drug-likeness (QED) is 0.164. The van der Waals surface area contributed by atoms with Crippen LogP contribution >= 0.6 is 0 Å². The third-order valence-corrected chi connectivity index (χ3v) is 9.48. The molecule has 1 unspecified atom stereocenters. The van der Waals surface area contributed by atoms with Gasteiger partial charge in [0, 0.05) is 10.8 Å². The van der Waals surface area contributed by atoms with E-state index in [4.69, 9.17) is 0 Å². The Balaban J connectivity index is 1.90. The molecule has 1 fully saturated rings. The Morgan fingerprint density at radius 1 is 0.682 bits per heavy atom. The monoisotopic (exact) mass is 600 g/mol. The lowest BCUT2D eigenvalue weighted by molar-refractivity contribution is -0.127. The van der Waals surface area contributed by atoms with Crippen molar-refractivity contribution >= 4 is 5.78 Å². The highest BCUT2D eigenvalue weighted by molar-refractivity contribution is 5.95. The molecule has 2 aliphatic rings. The van der Waals surface area contributed by atoms with Gasteiger partial charge in [-0.25, -0.2) is 0 Å². The van der Waals surface area contributed by atoms with E-state index >= 15 is 0 Å². The van der Waals surface area contributed by atoms with Gasteiger partial charge in [0.25, 0.3) is 0 Å². The second-order valence-electron chi connectivity index (χ2n) is 14.2. The number of hydrogen-bond donors (Lipinski definition) is 3. The summed E-state index contributed by atoms with van der Waals surface area (Å²) in [4.78, 5) is 12.9. The molecule has 2 aliphatic carbocycles. The van der Waals surface area contributed by atoms with Crippen molar-refractivity contribution in [3.8, 4) is 0 Å². The lowest BCUT2D eigenvalue weighted by atomic mass is 9.66. The summed E-state index contributed by atoms with van der Waals surface area (Å²) in [6.07, 6.45) is 27.7. The second kappa shape index (κ2) is 15.8. The molecule has 0 bridgehead atoms. The number of aliphatic hydroxyl groups excluding tert-OH is 3. The van der Waals surface area contributed by atoms with Gasteiger partial charge in [0.15, 0.2) is 5.78 Å². The normalized spacial score (nSPS) is 29.1. The first-order chi connectivity index (χ1) is 20.4. The van der Waals surface area contributed by atoms with Gasteiger partial charge in [-0.05, 0) is 70.9 Å². The van der Waals surface area contributed by atoms with Crippen molar-refractivity contribution in [3.63, 3.8) is 0 Å². The molecular formula is C40H56O4. The minimum atomic E-state index is -0.771. The third-order valence-electron chi connectivity index (χ3n) is 9.48. The molecule has 0 heterocycles. The third kappa shape index (κ3) is 9.99. The molecule has 0 radical (unpaired) electrons. The Morgan fingerprint density at radius 2 is 1.16 bits per heavy atom. The summed E-state index contributed by atoms with van der Waals surface area (Å²) in [5.74, 6) is 0.0775. The van der Waals surface area contributed by atoms with Gasteiger partial charge < -0.3 is 15.3 Å². The number of hydrogen-bond acceptors (Lipinski definition) is 4. The van der Waals surface area contributed by atoms with Crippen molar-refractivity contribution in [2.75, 3.05) is 0 Å². The Morgan fingerprint density at radius 3 is 1.66 bits per heavy atom. The van der Waals surface area contributed by atoms with Gasteiger partial charge in [0.1, 0.15) is 0 Å². The van der Waals surface area contributed by atoms with Crippen molar-refractivity contribution in [1.29, 1.82) is 0 Å². The van der Waals surface area contributed by atoms with E-state index in [1.807, 2.05) is 91.0 Å². The van der Waals surface area contributed by atoms with E-state index in [0.717, 1.165) is 33.4 Å². The average molecular weight is 601 g/mol. The lowest BCUT2D eigenvalue weighted by Gasteiger charge is -2.40. The van der Waals surface area contributed by atoms with E-state index in [1.165, 1.54) is 0 Å². The summed E-state index contributed by atoms with van der Waals surface area (Å²) in [5, 5.41) is 30.7.